The standard InChI is InChI=1S/C8H4F2N2O2S2/c9-8(10)14-7-6(11-16-12-7)5-2-1-4(3-13)15-5/h1-3,8H. The maximum Gasteiger partial charge on any atom is 0.388 e. The van der Waals surface area contributed by atoms with Crippen LogP contribution >= 0.6 is 23.1 Å². The van der Waals surface area contributed by atoms with Crippen LogP contribution in [0.5, 0.6) is 5.88 Å². The van der Waals surface area contributed by atoms with Crippen LogP contribution < -0.4 is 4.74 Å². The maximum atomic E-state index is 12.0. The maximum absolute atomic E-state index is 12.0. The number of hydrogen-bond acceptors (Lipinski definition) is 6. The quantitative estimate of drug-likeness (QED) is 0.795. The Bertz CT molecular complexity index is 498. The Morgan fingerprint density at radius 1 is 1.38 bits per heavy atom. The van der Waals surface area contributed by atoms with Crippen molar-refractivity contribution >= 4 is 29.4 Å². The monoisotopic (exact) mass is 262 g/mol. The fourth-order valence-electron chi connectivity index (χ4n) is 1.04. The van der Waals surface area contributed by atoms with Crippen LogP contribution in [0.2, 0.25) is 0 Å². The number of alkyl halides is 2. The zero-order valence-corrected chi connectivity index (χ0v) is 9.23. The van der Waals surface area contributed by atoms with Crippen molar-refractivity contribution in [1.82, 2.24) is 8.75 Å². The Balaban J connectivity index is 2.32. The van der Waals surface area contributed by atoms with Gasteiger partial charge in [0.05, 0.1) is 21.5 Å². The van der Waals surface area contributed by atoms with Crippen LogP contribution in [0.25, 0.3) is 10.6 Å². The molecule has 2 aromatic heterocycles. The molecule has 0 aliphatic carbocycles. The summed E-state index contributed by atoms with van der Waals surface area (Å²) in [7, 11) is 0. The predicted molar refractivity (Wildman–Crippen MR) is 55.2 cm³/mol. The van der Waals surface area contributed by atoms with Gasteiger partial charge in [-0.2, -0.15) is 13.2 Å². The van der Waals surface area contributed by atoms with Crippen LogP contribution in [0.1, 0.15) is 9.67 Å². The van der Waals surface area contributed by atoms with Crippen LogP contribution in [0.15, 0.2) is 12.1 Å². The van der Waals surface area contributed by atoms with E-state index in [-0.39, 0.29) is 11.6 Å². The van der Waals surface area contributed by atoms with Crippen molar-refractivity contribution in [2.45, 2.75) is 6.61 Å². The third-order valence-corrected chi connectivity index (χ3v) is 3.16. The topological polar surface area (TPSA) is 52.1 Å². The Labute approximate surface area is 96.8 Å². The molecule has 84 valence electrons. The molecule has 0 saturated carbocycles. The highest BCUT2D eigenvalue weighted by Gasteiger charge is 2.17. The summed E-state index contributed by atoms with van der Waals surface area (Å²) in [5, 5.41) is 0. The first-order valence-corrected chi connectivity index (χ1v) is 5.58. The van der Waals surface area contributed by atoms with Gasteiger partial charge in [-0.3, -0.25) is 4.79 Å². The fourth-order valence-corrected chi connectivity index (χ4v) is 2.40. The SMILES string of the molecule is O=Cc1ccc(-c2nsnc2OC(F)F)s1. The molecule has 8 heteroatoms. The van der Waals surface area contributed by atoms with E-state index in [1.165, 1.54) is 0 Å². The molecule has 2 rings (SSSR count). The average molecular weight is 262 g/mol. The van der Waals surface area contributed by atoms with E-state index in [1.54, 1.807) is 12.1 Å². The number of rotatable bonds is 4. The second-order valence-electron chi connectivity index (χ2n) is 2.62. The Morgan fingerprint density at radius 3 is 2.81 bits per heavy atom. The predicted octanol–water partition coefficient (Wildman–Crippen LogP) is 2.68. The van der Waals surface area contributed by atoms with Crippen LogP contribution in [-0.4, -0.2) is 21.6 Å². The van der Waals surface area contributed by atoms with Gasteiger partial charge in [0.1, 0.15) is 0 Å². The number of carbonyl (C=O) groups is 1. The minimum absolute atomic E-state index is 0.209. The summed E-state index contributed by atoms with van der Waals surface area (Å²) in [6, 6.07) is 3.20. The largest absolute Gasteiger partial charge is 0.414 e. The van der Waals surface area contributed by atoms with Gasteiger partial charge in [0.2, 0.25) is 0 Å². The Hall–Kier alpha value is -1.41. The summed E-state index contributed by atoms with van der Waals surface area (Å²) in [5.41, 5.74) is 0.239. The summed E-state index contributed by atoms with van der Waals surface area (Å²) in [6.45, 7) is -2.94. The molecule has 2 heterocycles. The molecule has 0 bridgehead atoms. The Kier molecular flexibility index (Phi) is 3.20. The molecule has 2 aromatic rings. The molecule has 0 amide bonds. The van der Waals surface area contributed by atoms with Crippen molar-refractivity contribution in [2.75, 3.05) is 0 Å². The number of thiophene rings is 1. The summed E-state index contributed by atoms with van der Waals surface area (Å²) < 4.78 is 35.7. The highest BCUT2D eigenvalue weighted by molar-refractivity contribution is 7.17. The first-order valence-electron chi connectivity index (χ1n) is 4.03. The lowest BCUT2D eigenvalue weighted by atomic mass is 10.3. The second kappa shape index (κ2) is 4.62. The van der Waals surface area contributed by atoms with Gasteiger partial charge in [-0.1, -0.05) is 0 Å². The van der Waals surface area contributed by atoms with E-state index in [1.807, 2.05) is 0 Å². The number of hydrogen-bond donors (Lipinski definition) is 0. The molecule has 16 heavy (non-hydrogen) atoms. The smallest absolute Gasteiger partial charge is 0.388 e. The molecule has 0 N–H and O–H groups in total. The van der Waals surface area contributed by atoms with Crippen LogP contribution in [0, 0.1) is 0 Å². The van der Waals surface area contributed by atoms with Gasteiger partial charge in [0, 0.05) is 0 Å². The zero-order valence-electron chi connectivity index (χ0n) is 7.59. The molecule has 0 saturated heterocycles. The summed E-state index contributed by atoms with van der Waals surface area (Å²) >= 11 is 1.92. The molecular formula is C8H4F2N2O2S2. The molecule has 0 aromatic carbocycles. The van der Waals surface area contributed by atoms with Gasteiger partial charge >= 0.3 is 6.61 Å². The molecule has 0 aliphatic rings. The molecule has 0 spiro atoms. The van der Waals surface area contributed by atoms with Crippen molar-refractivity contribution in [3.63, 3.8) is 0 Å². The van der Waals surface area contributed by atoms with Crippen LogP contribution in [0.3, 0.4) is 0 Å². The molecule has 0 aliphatic heterocycles. The van der Waals surface area contributed by atoms with Gasteiger partial charge in [0.25, 0.3) is 5.88 Å². The molecule has 0 unspecified atom stereocenters. The van der Waals surface area contributed by atoms with E-state index >= 15 is 0 Å². The highest BCUT2D eigenvalue weighted by atomic mass is 32.1. The van der Waals surface area contributed by atoms with Crippen LogP contribution in [0.4, 0.5) is 8.78 Å². The van der Waals surface area contributed by atoms with E-state index in [4.69, 9.17) is 0 Å². The van der Waals surface area contributed by atoms with E-state index < -0.39 is 6.61 Å². The lowest BCUT2D eigenvalue weighted by Gasteiger charge is -2.00. The van der Waals surface area contributed by atoms with Gasteiger partial charge < -0.3 is 4.74 Å². The van der Waals surface area contributed by atoms with E-state index in [9.17, 15) is 13.6 Å². The van der Waals surface area contributed by atoms with Gasteiger partial charge in [-0.05, 0) is 12.1 Å². The highest BCUT2D eigenvalue weighted by Crippen LogP contribution is 2.33. The minimum atomic E-state index is -2.94. The van der Waals surface area contributed by atoms with E-state index in [0.717, 1.165) is 23.1 Å². The second-order valence-corrected chi connectivity index (χ2v) is 4.26. The first-order chi connectivity index (χ1) is 7.70. The molecule has 0 atom stereocenters. The van der Waals surface area contributed by atoms with Gasteiger partial charge in [-0.25, -0.2) is 0 Å². The summed E-state index contributed by atoms with van der Waals surface area (Å²) in [6.07, 6.45) is 0.682. The van der Waals surface area contributed by atoms with E-state index in [0.29, 0.717) is 16.0 Å². The third kappa shape index (κ3) is 2.22. The van der Waals surface area contributed by atoms with Crippen molar-refractivity contribution in [3.8, 4) is 16.5 Å². The number of nitrogens with zero attached hydrogens (tertiary/aromatic N) is 2. The average Bonchev–Trinajstić information content (AvgIpc) is 2.84. The number of halogens is 2. The van der Waals surface area contributed by atoms with Crippen molar-refractivity contribution in [2.24, 2.45) is 0 Å². The summed E-state index contributed by atoms with van der Waals surface area (Å²) in [5.74, 6) is -0.209. The minimum Gasteiger partial charge on any atom is -0.414 e. The molecule has 4 nitrogen and oxygen atoms in total. The third-order valence-electron chi connectivity index (χ3n) is 1.64. The van der Waals surface area contributed by atoms with Gasteiger partial charge in [0.15, 0.2) is 12.0 Å². The fraction of sp³-hybridized carbons (Fsp3) is 0.125. The lowest BCUT2D eigenvalue weighted by molar-refractivity contribution is -0.0519. The molecule has 0 fully saturated rings. The number of aldehydes is 1. The van der Waals surface area contributed by atoms with Crippen molar-refractivity contribution in [1.29, 1.82) is 0 Å². The van der Waals surface area contributed by atoms with Crippen molar-refractivity contribution < 1.29 is 18.3 Å². The van der Waals surface area contributed by atoms with Crippen molar-refractivity contribution in [3.05, 3.63) is 17.0 Å². The van der Waals surface area contributed by atoms with Crippen LogP contribution in [-0.2, 0) is 0 Å². The molecule has 0 radical (unpaired) electrons. The first kappa shape index (κ1) is 11.1. The lowest BCUT2D eigenvalue weighted by Crippen LogP contribution is -2.02. The molecular weight excluding hydrogens is 258 g/mol. The number of carbonyl (C=O) groups excluding carboxylic acids is 1. The van der Waals surface area contributed by atoms with Gasteiger partial charge in [-0.15, -0.1) is 15.7 Å². The number of aromatic nitrogens is 2. The normalized spacial score (nSPS) is 10.7. The summed E-state index contributed by atoms with van der Waals surface area (Å²) in [4.78, 5) is 11.5. The Morgan fingerprint density at radius 2 is 2.19 bits per heavy atom. The van der Waals surface area contributed by atoms with E-state index in [2.05, 4.69) is 13.5 Å². The number of ether oxygens (including phenoxy) is 1. The zero-order chi connectivity index (χ0) is 11.5.